The van der Waals surface area contributed by atoms with E-state index in [9.17, 15) is 4.79 Å². The van der Waals surface area contributed by atoms with E-state index in [0.29, 0.717) is 19.0 Å². The molecule has 0 aliphatic heterocycles. The van der Waals surface area contributed by atoms with E-state index in [1.807, 2.05) is 20.8 Å². The molecule has 0 saturated heterocycles. The third-order valence-corrected chi connectivity index (χ3v) is 1.92. The Morgan fingerprint density at radius 1 is 1.57 bits per heavy atom. The van der Waals surface area contributed by atoms with E-state index in [4.69, 9.17) is 4.42 Å². The van der Waals surface area contributed by atoms with Crippen molar-refractivity contribution in [1.29, 1.82) is 0 Å². The fourth-order valence-corrected chi connectivity index (χ4v) is 1.23. The summed E-state index contributed by atoms with van der Waals surface area (Å²) in [6.45, 7) is 6.32. The predicted molar refractivity (Wildman–Crippen MR) is 54.2 cm³/mol. The lowest BCUT2D eigenvalue weighted by atomic mass is 10.3. The van der Waals surface area contributed by atoms with Crippen molar-refractivity contribution in [3.63, 3.8) is 0 Å². The van der Waals surface area contributed by atoms with Crippen molar-refractivity contribution in [2.75, 3.05) is 11.4 Å². The Hall–Kier alpha value is -1.32. The lowest BCUT2D eigenvalue weighted by Crippen LogP contribution is -2.30. The maximum Gasteiger partial charge on any atom is 0.304 e. The maximum atomic E-state index is 11.6. The fraction of sp³-hybridized carbons (Fsp3) is 0.600. The van der Waals surface area contributed by atoms with Crippen molar-refractivity contribution in [1.82, 2.24) is 4.98 Å². The molecule has 4 heteroatoms. The van der Waals surface area contributed by atoms with Gasteiger partial charge in [-0.15, -0.1) is 0 Å². The number of aryl methyl sites for hydroxylation is 1. The van der Waals surface area contributed by atoms with Crippen molar-refractivity contribution >= 4 is 11.9 Å². The smallest absolute Gasteiger partial charge is 0.304 e. The molecule has 1 heterocycles. The number of hydrogen-bond acceptors (Lipinski definition) is 3. The van der Waals surface area contributed by atoms with Crippen molar-refractivity contribution in [2.45, 2.75) is 33.6 Å². The van der Waals surface area contributed by atoms with Crippen LogP contribution in [0, 0.1) is 6.92 Å². The highest BCUT2D eigenvalue weighted by molar-refractivity contribution is 5.91. The number of oxazole rings is 1. The lowest BCUT2D eigenvalue weighted by molar-refractivity contribution is -0.118. The first kappa shape index (κ1) is 10.8. The number of anilines is 1. The number of aromatic nitrogens is 1. The van der Waals surface area contributed by atoms with E-state index in [-0.39, 0.29) is 5.91 Å². The van der Waals surface area contributed by atoms with Crippen molar-refractivity contribution in [3.8, 4) is 0 Å². The molecule has 1 aromatic rings. The summed E-state index contributed by atoms with van der Waals surface area (Å²) < 4.78 is 5.18. The van der Waals surface area contributed by atoms with Crippen LogP contribution in [-0.2, 0) is 4.79 Å². The highest BCUT2D eigenvalue weighted by Crippen LogP contribution is 2.14. The number of hydrogen-bond donors (Lipinski definition) is 0. The molecule has 4 nitrogen and oxygen atoms in total. The van der Waals surface area contributed by atoms with Gasteiger partial charge in [0.1, 0.15) is 6.26 Å². The minimum atomic E-state index is 0.0665. The van der Waals surface area contributed by atoms with E-state index >= 15 is 0 Å². The third kappa shape index (κ3) is 2.34. The zero-order chi connectivity index (χ0) is 10.6. The lowest BCUT2D eigenvalue weighted by Gasteiger charge is -2.15. The number of nitrogens with zero attached hydrogens (tertiary/aromatic N) is 2. The van der Waals surface area contributed by atoms with Gasteiger partial charge in [-0.1, -0.05) is 6.92 Å². The first-order valence-electron chi connectivity index (χ1n) is 4.91. The summed E-state index contributed by atoms with van der Waals surface area (Å²) in [4.78, 5) is 17.3. The Morgan fingerprint density at radius 3 is 2.71 bits per heavy atom. The van der Waals surface area contributed by atoms with Crippen LogP contribution in [0.15, 0.2) is 10.7 Å². The summed E-state index contributed by atoms with van der Waals surface area (Å²) in [5.74, 6) is 0.0665. The summed E-state index contributed by atoms with van der Waals surface area (Å²) in [7, 11) is 0. The first-order valence-corrected chi connectivity index (χ1v) is 4.91. The van der Waals surface area contributed by atoms with Crippen molar-refractivity contribution in [3.05, 3.63) is 12.0 Å². The molecule has 1 rings (SSSR count). The second-order valence-corrected chi connectivity index (χ2v) is 3.16. The maximum absolute atomic E-state index is 11.6. The number of carbonyl (C=O) groups is 1. The van der Waals surface area contributed by atoms with Gasteiger partial charge in [-0.05, 0) is 20.3 Å². The summed E-state index contributed by atoms with van der Waals surface area (Å²) in [6.07, 6.45) is 2.93. The van der Waals surface area contributed by atoms with Crippen LogP contribution in [0.5, 0.6) is 0 Å². The first-order chi connectivity index (χ1) is 6.69. The predicted octanol–water partition coefficient (Wildman–Crippen LogP) is 2.14. The topological polar surface area (TPSA) is 46.3 Å². The molecule has 0 N–H and O–H groups in total. The standard InChI is InChI=1S/C10H16N2O2/c1-4-6-9(13)12(5-2)10-11-8(3)7-14-10/h7H,4-6H2,1-3H3. The molecule has 0 aromatic carbocycles. The van der Waals surface area contributed by atoms with E-state index in [2.05, 4.69) is 4.98 Å². The van der Waals surface area contributed by atoms with Gasteiger partial charge in [-0.25, -0.2) is 0 Å². The SMILES string of the molecule is CCCC(=O)N(CC)c1nc(C)co1. The highest BCUT2D eigenvalue weighted by Gasteiger charge is 2.16. The number of amides is 1. The van der Waals surface area contributed by atoms with E-state index in [1.165, 1.54) is 0 Å². The van der Waals surface area contributed by atoms with Gasteiger partial charge in [0, 0.05) is 13.0 Å². The molecular formula is C10H16N2O2. The zero-order valence-corrected chi connectivity index (χ0v) is 8.91. The summed E-state index contributed by atoms with van der Waals surface area (Å²) >= 11 is 0. The normalized spacial score (nSPS) is 10.2. The largest absolute Gasteiger partial charge is 0.431 e. The average molecular weight is 196 g/mol. The van der Waals surface area contributed by atoms with Crippen LogP contribution in [0.4, 0.5) is 6.01 Å². The Balaban J connectivity index is 2.76. The molecule has 0 unspecified atom stereocenters. The minimum Gasteiger partial charge on any atom is -0.431 e. The Labute approximate surface area is 83.9 Å². The quantitative estimate of drug-likeness (QED) is 0.741. The average Bonchev–Trinajstić information content (AvgIpc) is 2.54. The van der Waals surface area contributed by atoms with Crippen LogP contribution in [0.25, 0.3) is 0 Å². The van der Waals surface area contributed by atoms with Crippen LogP contribution in [0.1, 0.15) is 32.4 Å². The highest BCUT2D eigenvalue weighted by atomic mass is 16.4. The second kappa shape index (κ2) is 4.79. The number of rotatable bonds is 4. The summed E-state index contributed by atoms with van der Waals surface area (Å²) in [5, 5.41) is 0. The van der Waals surface area contributed by atoms with Crippen LogP contribution in [0.3, 0.4) is 0 Å². The Bertz CT molecular complexity index is 307. The zero-order valence-electron chi connectivity index (χ0n) is 8.91. The second-order valence-electron chi connectivity index (χ2n) is 3.16. The molecule has 14 heavy (non-hydrogen) atoms. The molecule has 0 atom stereocenters. The molecule has 1 amide bonds. The van der Waals surface area contributed by atoms with Crippen LogP contribution in [0.2, 0.25) is 0 Å². The number of carbonyl (C=O) groups excluding carboxylic acids is 1. The van der Waals surface area contributed by atoms with Crippen molar-refractivity contribution in [2.24, 2.45) is 0 Å². The van der Waals surface area contributed by atoms with Crippen molar-refractivity contribution < 1.29 is 9.21 Å². The van der Waals surface area contributed by atoms with Crippen LogP contribution < -0.4 is 4.90 Å². The molecular weight excluding hydrogens is 180 g/mol. The fourth-order valence-electron chi connectivity index (χ4n) is 1.23. The minimum absolute atomic E-state index is 0.0665. The van der Waals surface area contributed by atoms with Gasteiger partial charge in [0.15, 0.2) is 0 Å². The van der Waals surface area contributed by atoms with E-state index in [0.717, 1.165) is 12.1 Å². The van der Waals surface area contributed by atoms with Gasteiger partial charge in [-0.3, -0.25) is 9.69 Å². The Morgan fingerprint density at radius 2 is 2.29 bits per heavy atom. The molecule has 0 bridgehead atoms. The van der Waals surface area contributed by atoms with E-state index < -0.39 is 0 Å². The molecule has 78 valence electrons. The van der Waals surface area contributed by atoms with Gasteiger partial charge in [0.2, 0.25) is 5.91 Å². The summed E-state index contributed by atoms with van der Waals surface area (Å²) in [5.41, 5.74) is 0.794. The molecule has 0 aliphatic rings. The molecule has 1 aromatic heterocycles. The summed E-state index contributed by atoms with van der Waals surface area (Å²) in [6, 6.07) is 0.406. The molecule has 0 spiro atoms. The van der Waals surface area contributed by atoms with Gasteiger partial charge in [-0.2, -0.15) is 4.98 Å². The molecule has 0 fully saturated rings. The van der Waals surface area contributed by atoms with Crippen LogP contribution >= 0.6 is 0 Å². The Kier molecular flexibility index (Phi) is 3.68. The van der Waals surface area contributed by atoms with Gasteiger partial charge < -0.3 is 4.42 Å². The van der Waals surface area contributed by atoms with E-state index in [1.54, 1.807) is 11.2 Å². The van der Waals surface area contributed by atoms with Gasteiger partial charge >= 0.3 is 6.01 Å². The van der Waals surface area contributed by atoms with Gasteiger partial charge in [0.25, 0.3) is 0 Å². The molecule has 0 saturated carbocycles. The molecule has 0 aliphatic carbocycles. The monoisotopic (exact) mass is 196 g/mol. The van der Waals surface area contributed by atoms with Crippen LogP contribution in [-0.4, -0.2) is 17.4 Å². The molecule has 0 radical (unpaired) electrons. The third-order valence-electron chi connectivity index (χ3n) is 1.92. The van der Waals surface area contributed by atoms with Gasteiger partial charge in [0.05, 0.1) is 5.69 Å².